The van der Waals surface area contributed by atoms with E-state index in [2.05, 4.69) is 5.92 Å². The first-order valence-corrected chi connectivity index (χ1v) is 4.95. The van der Waals surface area contributed by atoms with E-state index < -0.39 is 0 Å². The third kappa shape index (κ3) is 2.57. The van der Waals surface area contributed by atoms with E-state index in [-0.39, 0.29) is 5.92 Å². The van der Waals surface area contributed by atoms with Crippen molar-refractivity contribution in [3.63, 3.8) is 0 Å². The minimum Gasteiger partial charge on any atom is -0.330 e. The van der Waals surface area contributed by atoms with Crippen molar-refractivity contribution in [3.05, 3.63) is 0 Å². The van der Waals surface area contributed by atoms with Crippen molar-refractivity contribution in [2.24, 2.45) is 17.6 Å². The maximum Gasteiger partial charge on any atom is 0.137 e. The van der Waals surface area contributed by atoms with Crippen LogP contribution in [0.5, 0.6) is 0 Å². The molecule has 0 aromatic heterocycles. The highest BCUT2D eigenvalue weighted by molar-refractivity contribution is 5.81. The molecule has 1 fully saturated rings. The van der Waals surface area contributed by atoms with Crippen LogP contribution in [0.3, 0.4) is 0 Å². The largest absolute Gasteiger partial charge is 0.330 e. The van der Waals surface area contributed by atoms with E-state index in [0.717, 1.165) is 19.3 Å². The number of terminal acetylenes is 1. The van der Waals surface area contributed by atoms with E-state index >= 15 is 0 Å². The lowest BCUT2D eigenvalue weighted by Gasteiger charge is -2.15. The first kappa shape index (κ1) is 10.3. The van der Waals surface area contributed by atoms with Crippen molar-refractivity contribution in [3.8, 4) is 12.3 Å². The van der Waals surface area contributed by atoms with Gasteiger partial charge in [-0.2, -0.15) is 0 Å². The minimum absolute atomic E-state index is 0.207. The number of hydrogen-bond acceptors (Lipinski definition) is 2. The van der Waals surface area contributed by atoms with Gasteiger partial charge in [0.15, 0.2) is 0 Å². The quantitative estimate of drug-likeness (QED) is 0.662. The molecule has 1 aliphatic carbocycles. The summed E-state index contributed by atoms with van der Waals surface area (Å²) in [7, 11) is 0. The Hall–Kier alpha value is -0.810. The maximum absolute atomic E-state index is 11.6. The molecule has 1 rings (SSSR count). The Morgan fingerprint density at radius 2 is 2.31 bits per heavy atom. The third-order valence-electron chi connectivity index (χ3n) is 2.89. The van der Waals surface area contributed by atoms with Crippen molar-refractivity contribution < 1.29 is 4.79 Å². The Labute approximate surface area is 79.9 Å². The van der Waals surface area contributed by atoms with E-state index in [0.29, 0.717) is 31.1 Å². The molecule has 0 radical (unpaired) electrons. The average Bonchev–Trinajstić information content (AvgIpc) is 2.61. The van der Waals surface area contributed by atoms with Gasteiger partial charge in [-0.3, -0.25) is 4.79 Å². The van der Waals surface area contributed by atoms with Crippen molar-refractivity contribution in [2.75, 3.05) is 6.54 Å². The molecule has 1 aliphatic rings. The number of nitrogens with two attached hydrogens (primary N) is 1. The van der Waals surface area contributed by atoms with Crippen LogP contribution in [0.25, 0.3) is 0 Å². The van der Waals surface area contributed by atoms with Crippen LogP contribution in [0.1, 0.15) is 32.1 Å². The molecular formula is C11H17NO. The monoisotopic (exact) mass is 179 g/mol. The fourth-order valence-corrected chi connectivity index (χ4v) is 2.12. The highest BCUT2D eigenvalue weighted by atomic mass is 16.1. The maximum atomic E-state index is 11.6. The highest BCUT2D eigenvalue weighted by Gasteiger charge is 2.30. The predicted octanol–water partition coefficient (Wildman–Crippen LogP) is 1.34. The van der Waals surface area contributed by atoms with Gasteiger partial charge in [-0.15, -0.1) is 12.3 Å². The minimum atomic E-state index is 0.207. The van der Waals surface area contributed by atoms with Crippen LogP contribution in [0.2, 0.25) is 0 Å². The number of carbonyl (C=O) groups excluding carboxylic acids is 1. The first-order valence-electron chi connectivity index (χ1n) is 4.95. The lowest BCUT2D eigenvalue weighted by Crippen LogP contribution is -2.24. The van der Waals surface area contributed by atoms with Gasteiger partial charge in [-0.1, -0.05) is 6.42 Å². The Bertz CT molecular complexity index is 217. The molecule has 0 spiro atoms. The summed E-state index contributed by atoms with van der Waals surface area (Å²) in [6, 6.07) is 0. The summed E-state index contributed by atoms with van der Waals surface area (Å²) in [4.78, 5) is 11.6. The fraction of sp³-hybridized carbons (Fsp3) is 0.727. The third-order valence-corrected chi connectivity index (χ3v) is 2.89. The van der Waals surface area contributed by atoms with Gasteiger partial charge in [-0.25, -0.2) is 0 Å². The van der Waals surface area contributed by atoms with Crippen molar-refractivity contribution in [1.29, 1.82) is 0 Å². The Morgan fingerprint density at radius 3 is 2.92 bits per heavy atom. The summed E-state index contributed by atoms with van der Waals surface area (Å²) < 4.78 is 0. The van der Waals surface area contributed by atoms with E-state index in [1.807, 2.05) is 0 Å². The van der Waals surface area contributed by atoms with Crippen LogP contribution in [-0.2, 0) is 4.79 Å². The Balaban J connectivity index is 2.41. The van der Waals surface area contributed by atoms with E-state index in [4.69, 9.17) is 12.2 Å². The molecule has 2 nitrogen and oxygen atoms in total. The van der Waals surface area contributed by atoms with Crippen LogP contribution in [0.4, 0.5) is 0 Å². The summed E-state index contributed by atoms with van der Waals surface area (Å²) in [5, 5.41) is 0. The average molecular weight is 179 g/mol. The van der Waals surface area contributed by atoms with Gasteiger partial charge in [0.25, 0.3) is 0 Å². The molecule has 13 heavy (non-hydrogen) atoms. The second-order valence-electron chi connectivity index (χ2n) is 3.70. The van der Waals surface area contributed by atoms with Crippen molar-refractivity contribution >= 4 is 5.78 Å². The molecule has 0 saturated heterocycles. The van der Waals surface area contributed by atoms with Crippen LogP contribution < -0.4 is 5.73 Å². The van der Waals surface area contributed by atoms with Crippen LogP contribution in [-0.4, -0.2) is 12.3 Å². The van der Waals surface area contributed by atoms with Gasteiger partial charge in [0.2, 0.25) is 0 Å². The standard InChI is InChI=1S/C11H17NO/c1-2-3-7-11(13)10-6-4-5-9(10)8-12/h1,9-10H,3-8,12H2. The fourth-order valence-electron chi connectivity index (χ4n) is 2.12. The summed E-state index contributed by atoms with van der Waals surface area (Å²) in [5.74, 6) is 3.46. The molecule has 72 valence electrons. The van der Waals surface area contributed by atoms with Gasteiger partial charge < -0.3 is 5.73 Å². The van der Waals surface area contributed by atoms with Gasteiger partial charge >= 0.3 is 0 Å². The van der Waals surface area contributed by atoms with E-state index in [9.17, 15) is 4.79 Å². The van der Waals surface area contributed by atoms with Crippen molar-refractivity contribution in [1.82, 2.24) is 0 Å². The van der Waals surface area contributed by atoms with Crippen LogP contribution in [0, 0.1) is 24.2 Å². The second kappa shape index (κ2) is 5.04. The molecule has 2 heteroatoms. The molecule has 0 aliphatic heterocycles. The molecule has 2 N–H and O–H groups in total. The summed E-state index contributed by atoms with van der Waals surface area (Å²) in [6.45, 7) is 0.645. The highest BCUT2D eigenvalue weighted by Crippen LogP contribution is 2.32. The molecule has 1 saturated carbocycles. The molecule has 0 aromatic rings. The van der Waals surface area contributed by atoms with Gasteiger partial charge in [0, 0.05) is 18.8 Å². The van der Waals surface area contributed by atoms with Crippen LogP contribution >= 0.6 is 0 Å². The topological polar surface area (TPSA) is 43.1 Å². The molecule has 0 bridgehead atoms. The lowest BCUT2D eigenvalue weighted by atomic mass is 9.90. The normalized spacial score (nSPS) is 27.1. The van der Waals surface area contributed by atoms with Crippen molar-refractivity contribution in [2.45, 2.75) is 32.1 Å². The summed E-state index contributed by atoms with van der Waals surface area (Å²) in [5.41, 5.74) is 5.60. The number of ketones is 1. The number of rotatable bonds is 4. The predicted molar refractivity (Wildman–Crippen MR) is 53.0 cm³/mol. The Morgan fingerprint density at radius 1 is 1.54 bits per heavy atom. The van der Waals surface area contributed by atoms with Gasteiger partial charge in [0.05, 0.1) is 0 Å². The molecule has 0 heterocycles. The molecule has 0 amide bonds. The zero-order valence-corrected chi connectivity index (χ0v) is 7.96. The number of carbonyl (C=O) groups is 1. The zero-order chi connectivity index (χ0) is 9.68. The first-order chi connectivity index (χ1) is 6.29. The van der Waals surface area contributed by atoms with Gasteiger partial charge in [0.1, 0.15) is 5.78 Å². The lowest BCUT2D eigenvalue weighted by molar-refractivity contribution is -0.123. The summed E-state index contributed by atoms with van der Waals surface area (Å²) >= 11 is 0. The van der Waals surface area contributed by atoms with E-state index in [1.54, 1.807) is 0 Å². The zero-order valence-electron chi connectivity index (χ0n) is 7.96. The Kier molecular flexibility index (Phi) is 3.98. The number of hydrogen-bond donors (Lipinski definition) is 1. The van der Waals surface area contributed by atoms with E-state index in [1.165, 1.54) is 0 Å². The molecule has 2 atom stereocenters. The summed E-state index contributed by atoms with van der Waals surface area (Å²) in [6.07, 6.45) is 9.51. The smallest absolute Gasteiger partial charge is 0.137 e. The molecule has 2 unspecified atom stereocenters. The van der Waals surface area contributed by atoms with Gasteiger partial charge in [-0.05, 0) is 25.3 Å². The molecular weight excluding hydrogens is 162 g/mol. The molecule has 0 aromatic carbocycles. The number of Topliss-reactive ketones (excluding diaryl/α,β-unsaturated/α-hetero) is 1. The van der Waals surface area contributed by atoms with Crippen LogP contribution in [0.15, 0.2) is 0 Å². The second-order valence-corrected chi connectivity index (χ2v) is 3.70. The SMILES string of the molecule is C#CCCC(=O)C1CCCC1CN.